The fourth-order valence-corrected chi connectivity index (χ4v) is 1.43. The van der Waals surface area contributed by atoms with Crippen molar-refractivity contribution in [3.63, 3.8) is 0 Å². The van der Waals surface area contributed by atoms with Gasteiger partial charge in [-0.15, -0.1) is 0 Å². The number of aliphatic hydroxyl groups is 1. The van der Waals surface area contributed by atoms with Gasteiger partial charge in [-0.25, -0.2) is 0 Å². The monoisotopic (exact) mass is 279 g/mol. The van der Waals surface area contributed by atoms with Crippen LogP contribution >= 0.6 is 0 Å². The predicted octanol–water partition coefficient (Wildman–Crippen LogP) is 3.64. The molecular weight excluding hydrogens is 265 g/mol. The quantitative estimate of drug-likeness (QED) is 0.398. The van der Waals surface area contributed by atoms with E-state index in [1.165, 1.54) is 0 Å². The summed E-state index contributed by atoms with van der Waals surface area (Å²) in [5.74, 6) is 0. The van der Waals surface area contributed by atoms with Gasteiger partial charge in [-0.2, -0.15) is 0 Å². The van der Waals surface area contributed by atoms with Crippen molar-refractivity contribution in [3.05, 3.63) is 29.2 Å². The molecule has 9 heteroatoms. The van der Waals surface area contributed by atoms with Crippen LogP contribution in [0.15, 0.2) is 24.3 Å². The van der Waals surface area contributed by atoms with E-state index in [4.69, 9.17) is 5.39 Å². The lowest BCUT2D eigenvalue weighted by molar-refractivity contribution is 0.190. The van der Waals surface area contributed by atoms with Crippen LogP contribution in [0.1, 0.15) is 13.8 Å². The van der Waals surface area contributed by atoms with Gasteiger partial charge in [0.25, 0.3) is 0 Å². The van der Waals surface area contributed by atoms with Gasteiger partial charge in [0.15, 0.2) is 4.98 Å². The molecule has 4 nitrogen and oxygen atoms in total. The van der Waals surface area contributed by atoms with Gasteiger partial charge in [-0.05, 0) is 19.9 Å². The van der Waals surface area contributed by atoms with Crippen molar-refractivity contribution < 1.29 is 22.4 Å². The summed E-state index contributed by atoms with van der Waals surface area (Å²) in [6.07, 6.45) is -0.595. The molecule has 1 aromatic rings. The van der Waals surface area contributed by atoms with Crippen molar-refractivity contribution in [2.45, 2.75) is 20.1 Å². The predicted molar refractivity (Wildman–Crippen MR) is 66.1 cm³/mol. The number of nitrogens with zero attached hydrogens (tertiary/aromatic N) is 3. The van der Waals surface area contributed by atoms with Crippen LogP contribution in [-0.2, 0) is 0 Å². The number of benzene rings is 1. The topological polar surface area (TPSA) is 51.6 Å². The summed E-state index contributed by atoms with van der Waals surface area (Å²) >= 11 is 0. The Morgan fingerprint density at radius 3 is 2.16 bits per heavy atom. The van der Waals surface area contributed by atoms with E-state index in [2.05, 4.69) is 4.98 Å². The second kappa shape index (κ2) is 7.58. The molecule has 19 heavy (non-hydrogen) atoms. The third kappa shape index (κ3) is 7.26. The molecule has 0 saturated carbocycles. The molecule has 0 heterocycles. The molecule has 0 fully saturated rings. The maximum Gasteiger partial charge on any atom is 0.673 e. The van der Waals surface area contributed by atoms with Crippen LogP contribution in [0, 0.1) is 5.39 Å². The van der Waals surface area contributed by atoms with Gasteiger partial charge in [-0.3, -0.25) is 0 Å². The molecule has 1 atom stereocenters. The van der Waals surface area contributed by atoms with Gasteiger partial charge in [-0.1, -0.05) is 12.1 Å². The Morgan fingerprint density at radius 2 is 1.79 bits per heavy atom. The average molecular weight is 279 g/mol. The Balaban J connectivity index is 0.000000555. The van der Waals surface area contributed by atoms with Crippen LogP contribution < -0.4 is 4.90 Å². The van der Waals surface area contributed by atoms with Gasteiger partial charge in [0.05, 0.1) is 0 Å². The smallest absolute Gasteiger partial charge is 0.418 e. The van der Waals surface area contributed by atoms with Crippen LogP contribution in [0.25, 0.3) is 4.98 Å². The first-order valence-corrected chi connectivity index (χ1v) is 5.46. The first kappa shape index (κ1) is 17.2. The van der Waals surface area contributed by atoms with E-state index in [0.717, 1.165) is 5.69 Å². The highest BCUT2D eigenvalue weighted by Crippen LogP contribution is 2.28. The molecular formula is C10H14BF4N3O. The number of anilines is 1. The molecule has 0 bridgehead atoms. The van der Waals surface area contributed by atoms with Crippen LogP contribution in [0.5, 0.6) is 0 Å². The summed E-state index contributed by atoms with van der Waals surface area (Å²) < 4.78 is 39.0. The summed E-state index contributed by atoms with van der Waals surface area (Å²) in [5, 5.41) is 18.2. The lowest BCUT2D eigenvalue weighted by Crippen LogP contribution is -2.32. The molecule has 0 aliphatic carbocycles. The largest absolute Gasteiger partial charge is 0.673 e. The summed E-state index contributed by atoms with van der Waals surface area (Å²) in [4.78, 5) is 4.91. The third-order valence-corrected chi connectivity index (χ3v) is 2.09. The van der Waals surface area contributed by atoms with Crippen LogP contribution in [0.4, 0.5) is 28.6 Å². The zero-order valence-electron chi connectivity index (χ0n) is 10.5. The number of halogens is 4. The SMILES string of the molecule is CCN(c1ccccc1[N+]#N)C(C)O.F[B-](F)(F)F. The number of aliphatic hydroxyl groups excluding tert-OH is 1. The number of hydrogen-bond donors (Lipinski definition) is 1. The van der Waals surface area contributed by atoms with Crippen LogP contribution in [-0.4, -0.2) is 25.1 Å². The standard InChI is InChI=1S/C10H14N3O.BF4/c1-3-13(8(2)14)10-7-5-4-6-9(10)12-11;2-1(3,4)5/h4-8,14H,3H2,1-2H3;/q+1;-1. The molecule has 0 radical (unpaired) electrons. The summed E-state index contributed by atoms with van der Waals surface area (Å²) in [7, 11) is -6.00. The van der Waals surface area contributed by atoms with Gasteiger partial charge in [0.2, 0.25) is 5.39 Å². The minimum Gasteiger partial charge on any atom is -0.418 e. The van der Waals surface area contributed by atoms with Crippen molar-refractivity contribution in [2.75, 3.05) is 11.4 Å². The molecule has 106 valence electrons. The molecule has 1 N–H and O–H groups in total. The first-order valence-electron chi connectivity index (χ1n) is 5.46. The highest BCUT2D eigenvalue weighted by Gasteiger charge is 2.21. The molecule has 0 aliphatic rings. The van der Waals surface area contributed by atoms with E-state index >= 15 is 0 Å². The summed E-state index contributed by atoms with van der Waals surface area (Å²) in [6, 6.07) is 7.13. The lowest BCUT2D eigenvalue weighted by atomic mass is 10.2. The molecule has 0 aliphatic heterocycles. The van der Waals surface area contributed by atoms with Gasteiger partial charge >= 0.3 is 12.9 Å². The van der Waals surface area contributed by atoms with Crippen molar-refractivity contribution in [3.8, 4) is 0 Å². The number of hydrogen-bond acceptors (Lipinski definition) is 3. The second-order valence-corrected chi connectivity index (χ2v) is 3.50. The van der Waals surface area contributed by atoms with E-state index in [9.17, 15) is 22.4 Å². The molecule has 1 rings (SSSR count). The Hall–Kier alpha value is -1.82. The number of diazo groups is 1. The molecule has 1 unspecified atom stereocenters. The third-order valence-electron chi connectivity index (χ3n) is 2.09. The maximum atomic E-state index is 9.75. The van der Waals surface area contributed by atoms with Gasteiger partial charge < -0.3 is 27.3 Å². The Labute approximate surface area is 108 Å². The summed E-state index contributed by atoms with van der Waals surface area (Å²) in [5.41, 5.74) is 1.20. The van der Waals surface area contributed by atoms with E-state index in [-0.39, 0.29) is 0 Å². The zero-order valence-corrected chi connectivity index (χ0v) is 10.5. The van der Waals surface area contributed by atoms with Crippen LogP contribution in [0.2, 0.25) is 0 Å². The van der Waals surface area contributed by atoms with E-state index in [1.54, 1.807) is 24.0 Å². The Kier molecular flexibility index (Phi) is 6.86. The Bertz CT molecular complexity index is 428. The molecule has 0 spiro atoms. The fraction of sp³-hybridized carbons (Fsp3) is 0.400. The first-order chi connectivity index (χ1) is 8.70. The van der Waals surface area contributed by atoms with Crippen molar-refractivity contribution in [2.24, 2.45) is 0 Å². The van der Waals surface area contributed by atoms with Gasteiger partial charge in [0, 0.05) is 12.6 Å². The molecule has 0 amide bonds. The number of rotatable bonds is 3. The van der Waals surface area contributed by atoms with E-state index in [1.807, 2.05) is 19.1 Å². The molecule has 0 saturated heterocycles. The Morgan fingerprint density at radius 1 is 1.32 bits per heavy atom. The lowest BCUT2D eigenvalue weighted by Gasteiger charge is -2.24. The van der Waals surface area contributed by atoms with E-state index in [0.29, 0.717) is 12.2 Å². The highest BCUT2D eigenvalue weighted by molar-refractivity contribution is 6.50. The average Bonchev–Trinajstić information content (AvgIpc) is 2.28. The minimum atomic E-state index is -6.00. The van der Waals surface area contributed by atoms with Crippen molar-refractivity contribution in [1.82, 2.24) is 0 Å². The second-order valence-electron chi connectivity index (χ2n) is 3.50. The van der Waals surface area contributed by atoms with Gasteiger partial charge in [0.1, 0.15) is 11.9 Å². The van der Waals surface area contributed by atoms with E-state index < -0.39 is 13.5 Å². The molecule has 1 aromatic carbocycles. The number of para-hydroxylation sites is 1. The molecule has 0 aromatic heterocycles. The maximum absolute atomic E-state index is 9.75. The highest BCUT2D eigenvalue weighted by atomic mass is 19.5. The minimum absolute atomic E-state index is 0.468. The van der Waals surface area contributed by atoms with Crippen molar-refractivity contribution >= 4 is 18.6 Å². The zero-order chi connectivity index (χ0) is 15.1. The van der Waals surface area contributed by atoms with Crippen molar-refractivity contribution in [1.29, 1.82) is 5.39 Å². The normalized spacial score (nSPS) is 11.9. The fourth-order valence-electron chi connectivity index (χ4n) is 1.43. The summed E-state index contributed by atoms with van der Waals surface area (Å²) in [6.45, 7) is 4.27. The van der Waals surface area contributed by atoms with Crippen LogP contribution in [0.3, 0.4) is 0 Å².